The van der Waals surface area contributed by atoms with Crippen molar-refractivity contribution in [2.24, 2.45) is 5.73 Å². The zero-order chi connectivity index (χ0) is 12.6. The summed E-state index contributed by atoms with van der Waals surface area (Å²) in [6.45, 7) is 0.679. The minimum absolute atomic E-state index is 0.286. The normalized spacial score (nSPS) is 28.2. The Morgan fingerprint density at radius 3 is 2.59 bits per heavy atom. The molecular formula is C13H20N2O2. The van der Waals surface area contributed by atoms with Gasteiger partial charge in [-0.25, -0.2) is 0 Å². The predicted molar refractivity (Wildman–Crippen MR) is 66.6 cm³/mol. The van der Waals surface area contributed by atoms with Crippen molar-refractivity contribution in [1.29, 1.82) is 0 Å². The van der Waals surface area contributed by atoms with Crippen LogP contribution >= 0.6 is 0 Å². The number of hydrogen-bond acceptors (Lipinski definition) is 4. The van der Waals surface area contributed by atoms with Gasteiger partial charge in [0.1, 0.15) is 5.75 Å². The highest BCUT2D eigenvalue weighted by atomic mass is 16.3. The van der Waals surface area contributed by atoms with E-state index in [1.807, 2.05) is 31.1 Å². The molecule has 0 aliphatic heterocycles. The van der Waals surface area contributed by atoms with E-state index in [2.05, 4.69) is 0 Å². The average Bonchev–Trinajstić information content (AvgIpc) is 2.18. The number of rotatable bonds is 3. The number of nitrogens with zero attached hydrogens (tertiary/aromatic N) is 1. The van der Waals surface area contributed by atoms with Crippen molar-refractivity contribution in [2.45, 2.75) is 31.0 Å². The van der Waals surface area contributed by atoms with Crippen molar-refractivity contribution in [3.05, 3.63) is 29.3 Å². The van der Waals surface area contributed by atoms with Crippen LogP contribution in [0.15, 0.2) is 18.2 Å². The third-order valence-electron chi connectivity index (χ3n) is 3.34. The molecule has 0 unspecified atom stereocenters. The second-order valence-corrected chi connectivity index (χ2v) is 5.30. The highest BCUT2D eigenvalue weighted by molar-refractivity contribution is 5.40. The molecule has 4 heteroatoms. The standard InChI is InChI=1S/C13H20N2O2/c1-15(2)8-9-5-10(3-4-12(9)17)13(14)6-11(16)7-13/h3-5,11,16-17H,6-8,14H2,1-2H3. The Kier molecular flexibility index (Phi) is 3.12. The van der Waals surface area contributed by atoms with Gasteiger partial charge in [0.25, 0.3) is 0 Å². The maximum Gasteiger partial charge on any atom is 0.120 e. The topological polar surface area (TPSA) is 69.7 Å². The van der Waals surface area contributed by atoms with E-state index in [-0.39, 0.29) is 6.10 Å². The number of nitrogens with two attached hydrogens (primary N) is 1. The molecule has 1 saturated carbocycles. The molecule has 0 heterocycles. The Balaban J connectivity index is 2.25. The summed E-state index contributed by atoms with van der Waals surface area (Å²) < 4.78 is 0. The third-order valence-corrected chi connectivity index (χ3v) is 3.34. The molecular weight excluding hydrogens is 216 g/mol. The monoisotopic (exact) mass is 236 g/mol. The van der Waals surface area contributed by atoms with Gasteiger partial charge in [0.05, 0.1) is 6.10 Å². The van der Waals surface area contributed by atoms with Crippen molar-refractivity contribution < 1.29 is 10.2 Å². The van der Waals surface area contributed by atoms with Gasteiger partial charge < -0.3 is 20.8 Å². The van der Waals surface area contributed by atoms with Crippen molar-refractivity contribution >= 4 is 0 Å². The van der Waals surface area contributed by atoms with E-state index in [9.17, 15) is 10.2 Å². The molecule has 1 aromatic carbocycles. The second-order valence-electron chi connectivity index (χ2n) is 5.30. The van der Waals surface area contributed by atoms with E-state index in [1.165, 1.54) is 0 Å². The average molecular weight is 236 g/mol. The van der Waals surface area contributed by atoms with Crippen LogP contribution in [-0.2, 0) is 12.1 Å². The van der Waals surface area contributed by atoms with Crippen LogP contribution in [0.4, 0.5) is 0 Å². The van der Waals surface area contributed by atoms with Gasteiger partial charge in [0, 0.05) is 17.6 Å². The Bertz CT molecular complexity index is 412. The van der Waals surface area contributed by atoms with Gasteiger partial charge in [-0.05, 0) is 44.6 Å². The smallest absolute Gasteiger partial charge is 0.120 e. The molecule has 0 radical (unpaired) electrons. The zero-order valence-electron chi connectivity index (χ0n) is 10.3. The van der Waals surface area contributed by atoms with Gasteiger partial charge >= 0.3 is 0 Å². The van der Waals surface area contributed by atoms with Crippen LogP contribution < -0.4 is 5.73 Å². The van der Waals surface area contributed by atoms with Crippen molar-refractivity contribution in [2.75, 3.05) is 14.1 Å². The number of phenolic OH excluding ortho intramolecular Hbond substituents is 1. The second kappa shape index (κ2) is 4.29. The van der Waals surface area contributed by atoms with Gasteiger partial charge in [-0.15, -0.1) is 0 Å². The van der Waals surface area contributed by atoms with Crippen molar-refractivity contribution in [3.63, 3.8) is 0 Å². The van der Waals surface area contributed by atoms with Gasteiger partial charge in [0.2, 0.25) is 0 Å². The molecule has 1 aliphatic carbocycles. The van der Waals surface area contributed by atoms with Gasteiger partial charge in [-0.1, -0.05) is 6.07 Å². The highest BCUT2D eigenvalue weighted by Crippen LogP contribution is 2.40. The maximum absolute atomic E-state index is 9.78. The molecule has 2 rings (SSSR count). The summed E-state index contributed by atoms with van der Waals surface area (Å²) in [6.07, 6.45) is 0.907. The molecule has 0 saturated heterocycles. The quantitative estimate of drug-likeness (QED) is 0.725. The summed E-state index contributed by atoms with van der Waals surface area (Å²) in [5, 5.41) is 19.2. The first-order valence-corrected chi connectivity index (χ1v) is 5.85. The fraction of sp³-hybridized carbons (Fsp3) is 0.538. The number of aliphatic hydroxyl groups is 1. The molecule has 94 valence electrons. The predicted octanol–water partition coefficient (Wildman–Crippen LogP) is 0.762. The molecule has 17 heavy (non-hydrogen) atoms. The van der Waals surface area contributed by atoms with Crippen molar-refractivity contribution in [1.82, 2.24) is 4.90 Å². The number of aromatic hydroxyl groups is 1. The molecule has 4 nitrogen and oxygen atoms in total. The van der Waals surface area contributed by atoms with Gasteiger partial charge in [-0.2, -0.15) is 0 Å². The van der Waals surface area contributed by atoms with Crippen LogP contribution in [0.1, 0.15) is 24.0 Å². The van der Waals surface area contributed by atoms with Crippen LogP contribution in [-0.4, -0.2) is 35.3 Å². The van der Waals surface area contributed by atoms with E-state index in [0.29, 0.717) is 25.1 Å². The molecule has 0 amide bonds. The van der Waals surface area contributed by atoms with Gasteiger partial charge in [0.15, 0.2) is 0 Å². The summed E-state index contributed by atoms with van der Waals surface area (Å²) in [4.78, 5) is 2.00. The molecule has 0 spiro atoms. The first-order valence-electron chi connectivity index (χ1n) is 5.85. The Morgan fingerprint density at radius 2 is 2.06 bits per heavy atom. The summed E-state index contributed by atoms with van der Waals surface area (Å²) in [6, 6.07) is 5.48. The minimum atomic E-state index is -0.422. The molecule has 1 aromatic rings. The van der Waals surface area contributed by atoms with E-state index in [4.69, 9.17) is 5.73 Å². The summed E-state index contributed by atoms with van der Waals surface area (Å²) in [7, 11) is 3.91. The maximum atomic E-state index is 9.78. The first kappa shape index (κ1) is 12.4. The van der Waals surface area contributed by atoms with Gasteiger partial charge in [-0.3, -0.25) is 0 Å². The molecule has 0 aromatic heterocycles. The van der Waals surface area contributed by atoms with E-state index in [0.717, 1.165) is 11.1 Å². The van der Waals surface area contributed by atoms with Crippen LogP contribution in [0, 0.1) is 0 Å². The van der Waals surface area contributed by atoms with Crippen molar-refractivity contribution in [3.8, 4) is 5.75 Å². The Labute approximate surface area is 102 Å². The zero-order valence-corrected chi connectivity index (χ0v) is 10.3. The first-order chi connectivity index (χ1) is 7.90. The lowest BCUT2D eigenvalue weighted by molar-refractivity contribution is 0.0209. The molecule has 4 N–H and O–H groups in total. The lowest BCUT2D eigenvalue weighted by Gasteiger charge is -2.43. The van der Waals surface area contributed by atoms with E-state index >= 15 is 0 Å². The molecule has 0 atom stereocenters. The van der Waals surface area contributed by atoms with Crippen LogP contribution in [0.2, 0.25) is 0 Å². The van der Waals surface area contributed by atoms with Crippen LogP contribution in [0.3, 0.4) is 0 Å². The van der Waals surface area contributed by atoms with Crippen LogP contribution in [0.25, 0.3) is 0 Å². The van der Waals surface area contributed by atoms with E-state index < -0.39 is 5.54 Å². The number of phenols is 1. The Hall–Kier alpha value is -1.10. The molecule has 0 bridgehead atoms. The third kappa shape index (κ3) is 2.44. The largest absolute Gasteiger partial charge is 0.508 e. The SMILES string of the molecule is CN(C)Cc1cc(C2(N)CC(O)C2)ccc1O. The fourth-order valence-corrected chi connectivity index (χ4v) is 2.38. The molecule has 1 fully saturated rings. The summed E-state index contributed by atoms with van der Waals surface area (Å²) in [5.74, 6) is 0.297. The summed E-state index contributed by atoms with van der Waals surface area (Å²) in [5.41, 5.74) is 7.66. The number of aliphatic hydroxyl groups excluding tert-OH is 1. The fourth-order valence-electron chi connectivity index (χ4n) is 2.38. The highest BCUT2D eigenvalue weighted by Gasteiger charge is 2.41. The number of hydrogen-bond donors (Lipinski definition) is 3. The Morgan fingerprint density at radius 1 is 1.41 bits per heavy atom. The molecule has 1 aliphatic rings. The number of benzene rings is 1. The minimum Gasteiger partial charge on any atom is -0.508 e. The van der Waals surface area contributed by atoms with E-state index in [1.54, 1.807) is 6.07 Å². The lowest BCUT2D eigenvalue weighted by atomic mass is 9.70. The summed E-state index contributed by atoms with van der Waals surface area (Å²) >= 11 is 0. The lowest BCUT2D eigenvalue weighted by Crippen LogP contribution is -2.51. The van der Waals surface area contributed by atoms with Crippen LogP contribution in [0.5, 0.6) is 5.75 Å².